The van der Waals surface area contributed by atoms with Gasteiger partial charge in [0.15, 0.2) is 5.65 Å². The monoisotopic (exact) mass is 192 g/mol. The number of carbonyl (C=O) groups excluding carboxylic acids is 1. The van der Waals surface area contributed by atoms with Gasteiger partial charge in [-0.15, -0.1) is 0 Å². The lowest BCUT2D eigenvalue weighted by Crippen LogP contribution is -2.01. The van der Waals surface area contributed by atoms with Crippen LogP contribution in [0.3, 0.4) is 0 Å². The molecule has 0 spiro atoms. The first kappa shape index (κ1) is 8.61. The van der Waals surface area contributed by atoms with E-state index in [1.165, 1.54) is 19.6 Å². The molecule has 2 aromatic rings. The standard InChI is InChI=1S/C8H8N4O2/c1-5(13)14-2-6-7-8(11-3-9-6)12-4-10-7/h3-4H,2H2,1H3,(H,9,10,11,12). The number of imidazole rings is 1. The van der Waals surface area contributed by atoms with E-state index in [0.29, 0.717) is 16.9 Å². The predicted octanol–water partition coefficient (Wildman–Crippen LogP) is 0.416. The van der Waals surface area contributed by atoms with Gasteiger partial charge >= 0.3 is 5.97 Å². The third kappa shape index (κ3) is 1.54. The number of hydrogen-bond donors (Lipinski definition) is 1. The molecule has 0 bridgehead atoms. The number of hydrogen-bond acceptors (Lipinski definition) is 5. The van der Waals surface area contributed by atoms with E-state index in [4.69, 9.17) is 4.74 Å². The minimum Gasteiger partial charge on any atom is -0.459 e. The number of nitrogens with one attached hydrogen (secondary N) is 1. The van der Waals surface area contributed by atoms with Crippen LogP contribution in [0.15, 0.2) is 12.7 Å². The largest absolute Gasteiger partial charge is 0.459 e. The average molecular weight is 192 g/mol. The summed E-state index contributed by atoms with van der Waals surface area (Å²) in [6.07, 6.45) is 2.92. The molecule has 0 aromatic carbocycles. The van der Waals surface area contributed by atoms with Crippen LogP contribution < -0.4 is 0 Å². The van der Waals surface area contributed by atoms with Crippen molar-refractivity contribution in [1.29, 1.82) is 0 Å². The van der Waals surface area contributed by atoms with Gasteiger partial charge < -0.3 is 9.72 Å². The minimum atomic E-state index is -0.337. The van der Waals surface area contributed by atoms with Gasteiger partial charge in [-0.25, -0.2) is 15.0 Å². The molecule has 72 valence electrons. The Balaban J connectivity index is 2.32. The van der Waals surface area contributed by atoms with Crippen LogP contribution in [0.1, 0.15) is 12.6 Å². The van der Waals surface area contributed by atoms with Crippen LogP contribution in [-0.4, -0.2) is 25.9 Å². The first-order valence-corrected chi connectivity index (χ1v) is 4.03. The van der Waals surface area contributed by atoms with E-state index in [0.717, 1.165) is 0 Å². The Morgan fingerprint density at radius 1 is 1.50 bits per heavy atom. The first-order valence-electron chi connectivity index (χ1n) is 4.03. The van der Waals surface area contributed by atoms with E-state index < -0.39 is 0 Å². The van der Waals surface area contributed by atoms with Crippen LogP contribution in [0.2, 0.25) is 0 Å². The number of aromatic nitrogens is 4. The Labute approximate surface area is 79.4 Å². The summed E-state index contributed by atoms with van der Waals surface area (Å²) in [5, 5.41) is 0. The average Bonchev–Trinajstić information content (AvgIpc) is 2.62. The van der Waals surface area contributed by atoms with E-state index in [2.05, 4.69) is 19.9 Å². The second-order valence-electron chi connectivity index (χ2n) is 2.70. The van der Waals surface area contributed by atoms with Gasteiger partial charge in [-0.05, 0) is 0 Å². The SMILES string of the molecule is CC(=O)OCc1ncnc2nc[nH]c12. The highest BCUT2D eigenvalue weighted by Gasteiger charge is 2.06. The second kappa shape index (κ2) is 3.41. The summed E-state index contributed by atoms with van der Waals surface area (Å²) in [7, 11) is 0. The molecular weight excluding hydrogens is 184 g/mol. The Morgan fingerprint density at radius 3 is 3.14 bits per heavy atom. The normalized spacial score (nSPS) is 10.4. The van der Waals surface area contributed by atoms with Gasteiger partial charge in [-0.2, -0.15) is 0 Å². The van der Waals surface area contributed by atoms with Crippen molar-refractivity contribution < 1.29 is 9.53 Å². The predicted molar refractivity (Wildman–Crippen MR) is 47.2 cm³/mol. The fourth-order valence-electron chi connectivity index (χ4n) is 1.09. The van der Waals surface area contributed by atoms with Crippen LogP contribution >= 0.6 is 0 Å². The number of H-pyrrole nitrogens is 1. The number of fused-ring (bicyclic) bond motifs is 1. The van der Waals surface area contributed by atoms with E-state index in [-0.39, 0.29) is 12.6 Å². The smallest absolute Gasteiger partial charge is 0.303 e. The van der Waals surface area contributed by atoms with Crippen molar-refractivity contribution in [3.63, 3.8) is 0 Å². The number of carbonyl (C=O) groups is 1. The van der Waals surface area contributed by atoms with E-state index in [1.54, 1.807) is 0 Å². The van der Waals surface area contributed by atoms with Gasteiger partial charge in [0.2, 0.25) is 0 Å². The molecule has 1 N–H and O–H groups in total. The quantitative estimate of drug-likeness (QED) is 0.697. The van der Waals surface area contributed by atoms with Crippen molar-refractivity contribution in [2.24, 2.45) is 0 Å². The molecule has 0 aliphatic carbocycles. The molecule has 0 aliphatic rings. The maximum absolute atomic E-state index is 10.6. The van der Waals surface area contributed by atoms with E-state index in [9.17, 15) is 4.79 Å². The maximum atomic E-state index is 10.6. The van der Waals surface area contributed by atoms with Gasteiger partial charge in [0.1, 0.15) is 24.1 Å². The molecule has 6 nitrogen and oxygen atoms in total. The van der Waals surface area contributed by atoms with Gasteiger partial charge in [-0.1, -0.05) is 0 Å². The van der Waals surface area contributed by atoms with Crippen LogP contribution in [-0.2, 0) is 16.1 Å². The summed E-state index contributed by atoms with van der Waals surface area (Å²) in [5.74, 6) is -0.337. The fourth-order valence-corrected chi connectivity index (χ4v) is 1.09. The lowest BCUT2D eigenvalue weighted by Gasteiger charge is -2.00. The topological polar surface area (TPSA) is 80.8 Å². The van der Waals surface area contributed by atoms with Crippen molar-refractivity contribution in [2.45, 2.75) is 13.5 Å². The zero-order chi connectivity index (χ0) is 9.97. The highest BCUT2D eigenvalue weighted by molar-refractivity contribution is 5.72. The van der Waals surface area contributed by atoms with Gasteiger partial charge in [-0.3, -0.25) is 4.79 Å². The van der Waals surface area contributed by atoms with Crippen molar-refractivity contribution in [2.75, 3.05) is 0 Å². The Kier molecular flexibility index (Phi) is 2.10. The van der Waals surface area contributed by atoms with E-state index >= 15 is 0 Å². The number of ether oxygens (including phenoxy) is 1. The highest BCUT2D eigenvalue weighted by Crippen LogP contribution is 2.09. The van der Waals surface area contributed by atoms with Gasteiger partial charge in [0.25, 0.3) is 0 Å². The van der Waals surface area contributed by atoms with Crippen LogP contribution in [0.25, 0.3) is 11.2 Å². The number of nitrogens with zero attached hydrogens (tertiary/aromatic N) is 3. The highest BCUT2D eigenvalue weighted by atomic mass is 16.5. The summed E-state index contributed by atoms with van der Waals surface area (Å²) in [6.45, 7) is 1.49. The zero-order valence-electron chi connectivity index (χ0n) is 7.52. The summed E-state index contributed by atoms with van der Waals surface area (Å²) >= 11 is 0. The van der Waals surface area contributed by atoms with Crippen molar-refractivity contribution >= 4 is 17.1 Å². The number of rotatable bonds is 2. The molecule has 0 aliphatic heterocycles. The van der Waals surface area contributed by atoms with Gasteiger partial charge in [0.05, 0.1) is 6.33 Å². The molecule has 0 atom stereocenters. The van der Waals surface area contributed by atoms with Crippen molar-refractivity contribution in [1.82, 2.24) is 19.9 Å². The van der Waals surface area contributed by atoms with Crippen LogP contribution in [0.4, 0.5) is 0 Å². The van der Waals surface area contributed by atoms with Crippen molar-refractivity contribution in [3.05, 3.63) is 18.3 Å². The molecule has 0 saturated heterocycles. The minimum absolute atomic E-state index is 0.135. The Hall–Kier alpha value is -1.98. The summed E-state index contributed by atoms with van der Waals surface area (Å²) in [4.78, 5) is 25.4. The second-order valence-corrected chi connectivity index (χ2v) is 2.70. The first-order chi connectivity index (χ1) is 6.77. The lowest BCUT2D eigenvalue weighted by molar-refractivity contribution is -0.142. The number of aromatic amines is 1. The molecule has 6 heteroatoms. The fraction of sp³-hybridized carbons (Fsp3) is 0.250. The summed E-state index contributed by atoms with van der Waals surface area (Å²) in [5.41, 5.74) is 1.90. The molecular formula is C8H8N4O2. The Bertz CT molecular complexity index is 465. The third-order valence-corrected chi connectivity index (χ3v) is 1.71. The Morgan fingerprint density at radius 2 is 2.36 bits per heavy atom. The van der Waals surface area contributed by atoms with Crippen LogP contribution in [0, 0.1) is 0 Å². The van der Waals surface area contributed by atoms with E-state index in [1.807, 2.05) is 0 Å². The van der Waals surface area contributed by atoms with Crippen molar-refractivity contribution in [3.8, 4) is 0 Å². The number of esters is 1. The molecule has 0 unspecified atom stereocenters. The molecule has 0 amide bonds. The van der Waals surface area contributed by atoms with Crippen LogP contribution in [0.5, 0.6) is 0 Å². The molecule has 2 aromatic heterocycles. The maximum Gasteiger partial charge on any atom is 0.303 e. The summed E-state index contributed by atoms with van der Waals surface area (Å²) < 4.78 is 4.83. The summed E-state index contributed by atoms with van der Waals surface area (Å²) in [6, 6.07) is 0. The molecule has 2 heterocycles. The zero-order valence-corrected chi connectivity index (χ0v) is 7.52. The van der Waals surface area contributed by atoms with Gasteiger partial charge in [0, 0.05) is 6.92 Å². The lowest BCUT2D eigenvalue weighted by atomic mass is 10.4. The molecule has 0 saturated carbocycles. The third-order valence-electron chi connectivity index (χ3n) is 1.71. The molecule has 0 fully saturated rings. The molecule has 0 radical (unpaired) electrons. The molecule has 2 rings (SSSR count). The molecule has 14 heavy (non-hydrogen) atoms.